The van der Waals surface area contributed by atoms with Crippen molar-refractivity contribution in [3.63, 3.8) is 0 Å². The molecule has 0 saturated heterocycles. The topological polar surface area (TPSA) is 93.4 Å². The second kappa shape index (κ2) is 7.32. The highest BCUT2D eigenvalue weighted by molar-refractivity contribution is 5.94. The van der Waals surface area contributed by atoms with Gasteiger partial charge in [0.25, 0.3) is 5.91 Å². The van der Waals surface area contributed by atoms with Gasteiger partial charge in [-0.05, 0) is 12.6 Å². The number of halogens is 1. The van der Waals surface area contributed by atoms with Gasteiger partial charge in [0, 0.05) is 12.1 Å². The van der Waals surface area contributed by atoms with Crippen LogP contribution in [0.15, 0.2) is 18.2 Å². The maximum Gasteiger partial charge on any atom is 0.318 e. The lowest BCUT2D eigenvalue weighted by molar-refractivity contribution is -0.122. The van der Waals surface area contributed by atoms with Crippen LogP contribution >= 0.6 is 0 Å². The molecule has 0 unspecified atom stereocenters. The molecule has 4 N–H and O–H groups in total. The van der Waals surface area contributed by atoms with E-state index in [4.69, 9.17) is 10.5 Å². The Bertz CT molecular complexity index is 466. The zero-order chi connectivity index (χ0) is 14.3. The summed E-state index contributed by atoms with van der Waals surface area (Å²) >= 11 is 0. The van der Waals surface area contributed by atoms with Crippen LogP contribution in [0.2, 0.25) is 0 Å². The standard InChI is InChI=1S/C12H16FN3O3/c1-2-15-6-8-4-3-5-9(13)11(8)19-7-10(17)16-12(14)18/h3-5,15H,2,6-7H2,1H3,(H3,14,16,17,18). The summed E-state index contributed by atoms with van der Waals surface area (Å²) in [7, 11) is 0. The van der Waals surface area contributed by atoms with Gasteiger partial charge >= 0.3 is 6.03 Å². The van der Waals surface area contributed by atoms with Crippen molar-refractivity contribution in [1.29, 1.82) is 0 Å². The van der Waals surface area contributed by atoms with Crippen molar-refractivity contribution in [2.75, 3.05) is 13.2 Å². The van der Waals surface area contributed by atoms with Gasteiger partial charge in [-0.15, -0.1) is 0 Å². The van der Waals surface area contributed by atoms with Crippen LogP contribution in [0.25, 0.3) is 0 Å². The third-order valence-corrected chi connectivity index (χ3v) is 2.22. The minimum Gasteiger partial charge on any atom is -0.480 e. The number of imide groups is 1. The third kappa shape index (κ3) is 4.92. The van der Waals surface area contributed by atoms with Gasteiger partial charge < -0.3 is 15.8 Å². The van der Waals surface area contributed by atoms with Gasteiger partial charge in [0.2, 0.25) is 0 Å². The van der Waals surface area contributed by atoms with Crippen LogP contribution < -0.4 is 21.1 Å². The minimum atomic E-state index is -0.977. The Kier molecular flexibility index (Phi) is 5.74. The van der Waals surface area contributed by atoms with Crippen molar-refractivity contribution in [3.05, 3.63) is 29.6 Å². The molecule has 0 fully saturated rings. The predicted octanol–water partition coefficient (Wildman–Crippen LogP) is 0.509. The van der Waals surface area contributed by atoms with E-state index in [2.05, 4.69) is 5.32 Å². The number of para-hydroxylation sites is 1. The molecule has 0 aromatic heterocycles. The van der Waals surface area contributed by atoms with Gasteiger partial charge in [-0.1, -0.05) is 19.1 Å². The molecule has 0 atom stereocenters. The normalized spacial score (nSPS) is 10.0. The van der Waals surface area contributed by atoms with Crippen molar-refractivity contribution >= 4 is 11.9 Å². The van der Waals surface area contributed by atoms with Crippen LogP contribution in [0.4, 0.5) is 9.18 Å². The number of amides is 3. The lowest BCUT2D eigenvalue weighted by atomic mass is 10.2. The molecule has 1 rings (SSSR count). The largest absolute Gasteiger partial charge is 0.480 e. The number of urea groups is 1. The summed E-state index contributed by atoms with van der Waals surface area (Å²) in [6.45, 7) is 2.57. The Morgan fingerprint density at radius 3 is 2.79 bits per heavy atom. The van der Waals surface area contributed by atoms with Crippen LogP contribution in [-0.2, 0) is 11.3 Å². The number of nitrogens with one attached hydrogen (secondary N) is 2. The first-order valence-corrected chi connectivity index (χ1v) is 5.74. The molecule has 0 radical (unpaired) electrons. The fourth-order valence-electron chi connectivity index (χ4n) is 1.43. The van der Waals surface area contributed by atoms with E-state index in [9.17, 15) is 14.0 Å². The van der Waals surface area contributed by atoms with Crippen molar-refractivity contribution in [3.8, 4) is 5.75 Å². The predicted molar refractivity (Wildman–Crippen MR) is 67.0 cm³/mol. The first kappa shape index (κ1) is 14.9. The zero-order valence-electron chi connectivity index (χ0n) is 10.5. The van der Waals surface area contributed by atoms with E-state index < -0.39 is 24.4 Å². The highest BCUT2D eigenvalue weighted by Crippen LogP contribution is 2.22. The number of ether oxygens (including phenoxy) is 1. The molecule has 1 aromatic carbocycles. The van der Waals surface area contributed by atoms with Crippen LogP contribution in [0, 0.1) is 5.82 Å². The smallest absolute Gasteiger partial charge is 0.318 e. The molecule has 0 aliphatic rings. The number of hydrogen-bond acceptors (Lipinski definition) is 4. The summed E-state index contributed by atoms with van der Waals surface area (Å²) in [6, 6.07) is 3.50. The molecule has 6 nitrogen and oxygen atoms in total. The number of carbonyl (C=O) groups excluding carboxylic acids is 2. The third-order valence-electron chi connectivity index (χ3n) is 2.22. The van der Waals surface area contributed by atoms with E-state index in [1.54, 1.807) is 12.1 Å². The SMILES string of the molecule is CCNCc1cccc(F)c1OCC(=O)NC(N)=O. The van der Waals surface area contributed by atoms with Crippen molar-refractivity contribution in [1.82, 2.24) is 10.6 Å². The van der Waals surface area contributed by atoms with Crippen LogP contribution in [0.5, 0.6) is 5.75 Å². The maximum absolute atomic E-state index is 13.6. The van der Waals surface area contributed by atoms with Crippen LogP contribution in [0.1, 0.15) is 12.5 Å². The van der Waals surface area contributed by atoms with E-state index in [0.717, 1.165) is 6.54 Å². The van der Waals surface area contributed by atoms with Crippen molar-refractivity contribution < 1.29 is 18.7 Å². The molecule has 0 saturated carbocycles. The Labute approximate surface area is 110 Å². The molecule has 7 heteroatoms. The highest BCUT2D eigenvalue weighted by Gasteiger charge is 2.12. The molecule has 3 amide bonds. The molecule has 104 valence electrons. The summed E-state index contributed by atoms with van der Waals surface area (Å²) in [6.07, 6.45) is 0. The molecule has 0 aliphatic carbocycles. The average Bonchev–Trinajstić information content (AvgIpc) is 2.34. The monoisotopic (exact) mass is 269 g/mol. The van der Waals surface area contributed by atoms with Gasteiger partial charge in [0.05, 0.1) is 0 Å². The fraction of sp³-hybridized carbons (Fsp3) is 0.333. The van der Waals surface area contributed by atoms with Crippen molar-refractivity contribution in [2.24, 2.45) is 5.73 Å². The Balaban J connectivity index is 2.70. The van der Waals surface area contributed by atoms with E-state index >= 15 is 0 Å². The fourth-order valence-corrected chi connectivity index (χ4v) is 1.43. The van der Waals surface area contributed by atoms with Gasteiger partial charge in [0.15, 0.2) is 18.2 Å². The quantitative estimate of drug-likeness (QED) is 0.701. The summed E-state index contributed by atoms with van der Waals surface area (Å²) in [4.78, 5) is 21.6. The van der Waals surface area contributed by atoms with Crippen LogP contribution in [0.3, 0.4) is 0 Å². The maximum atomic E-state index is 13.6. The number of hydrogen-bond donors (Lipinski definition) is 3. The number of benzene rings is 1. The summed E-state index contributed by atoms with van der Waals surface area (Å²) in [5.41, 5.74) is 5.37. The number of rotatable bonds is 6. The molecule has 0 aliphatic heterocycles. The number of nitrogens with two attached hydrogens (primary N) is 1. The van der Waals surface area contributed by atoms with Gasteiger partial charge in [-0.25, -0.2) is 9.18 Å². The molecular weight excluding hydrogens is 253 g/mol. The first-order valence-electron chi connectivity index (χ1n) is 5.74. The van der Waals surface area contributed by atoms with E-state index in [1.165, 1.54) is 6.07 Å². The number of primary amides is 1. The average molecular weight is 269 g/mol. The summed E-state index contributed by atoms with van der Waals surface area (Å²) < 4.78 is 18.7. The molecule has 0 bridgehead atoms. The molecule has 1 aromatic rings. The molecule has 0 heterocycles. The van der Waals surface area contributed by atoms with Gasteiger partial charge in [-0.2, -0.15) is 0 Å². The van der Waals surface area contributed by atoms with E-state index in [1.807, 2.05) is 12.2 Å². The zero-order valence-corrected chi connectivity index (χ0v) is 10.5. The minimum absolute atomic E-state index is 0.0110. The summed E-state index contributed by atoms with van der Waals surface area (Å²) in [5.74, 6) is -1.31. The van der Waals surface area contributed by atoms with Crippen molar-refractivity contribution in [2.45, 2.75) is 13.5 Å². The molecular formula is C12H16FN3O3. The summed E-state index contributed by atoms with van der Waals surface area (Å²) in [5, 5.41) is 4.86. The van der Waals surface area contributed by atoms with E-state index in [0.29, 0.717) is 12.1 Å². The lowest BCUT2D eigenvalue weighted by Gasteiger charge is -2.12. The molecule has 19 heavy (non-hydrogen) atoms. The Hall–Kier alpha value is -2.15. The second-order valence-electron chi connectivity index (χ2n) is 3.71. The molecule has 0 spiro atoms. The number of carbonyl (C=O) groups is 2. The Morgan fingerprint density at radius 1 is 1.42 bits per heavy atom. The van der Waals surface area contributed by atoms with E-state index in [-0.39, 0.29) is 5.75 Å². The van der Waals surface area contributed by atoms with Gasteiger partial charge in [0.1, 0.15) is 0 Å². The van der Waals surface area contributed by atoms with Gasteiger partial charge in [-0.3, -0.25) is 10.1 Å². The highest BCUT2D eigenvalue weighted by atomic mass is 19.1. The first-order chi connectivity index (χ1) is 9.04. The Morgan fingerprint density at radius 2 is 2.16 bits per heavy atom. The lowest BCUT2D eigenvalue weighted by Crippen LogP contribution is -2.38. The van der Waals surface area contributed by atoms with Crippen LogP contribution in [-0.4, -0.2) is 25.1 Å². The second-order valence-corrected chi connectivity index (χ2v) is 3.71.